The van der Waals surface area contributed by atoms with E-state index in [9.17, 15) is 29.4 Å². The molecule has 0 aromatic carbocycles. The van der Waals surface area contributed by atoms with Gasteiger partial charge in [0.2, 0.25) is 11.8 Å². The molecule has 10 nitrogen and oxygen atoms in total. The summed E-state index contributed by atoms with van der Waals surface area (Å²) in [5.41, 5.74) is 9.42. The minimum absolute atomic E-state index is 0.0353. The molecule has 3 aliphatic rings. The van der Waals surface area contributed by atoms with Gasteiger partial charge in [-0.2, -0.15) is 12.6 Å². The number of aliphatic carboxylic acids is 2. The van der Waals surface area contributed by atoms with Gasteiger partial charge in [-0.05, 0) is 85.3 Å². The summed E-state index contributed by atoms with van der Waals surface area (Å²) >= 11 is 4.19. The maximum absolute atomic E-state index is 12.5. The van der Waals surface area contributed by atoms with Crippen LogP contribution < -0.4 is 16.0 Å². The minimum Gasteiger partial charge on any atom is -0.481 e. The highest BCUT2D eigenvalue weighted by Crippen LogP contribution is 2.35. The highest BCUT2D eigenvalue weighted by atomic mass is 32.1. The summed E-state index contributed by atoms with van der Waals surface area (Å²) in [5, 5.41) is 30.2. The molecule has 0 bridgehead atoms. The number of H-pyrrole nitrogens is 1. The van der Waals surface area contributed by atoms with Crippen molar-refractivity contribution in [3.63, 3.8) is 0 Å². The maximum Gasteiger partial charge on any atom is 0.303 e. The Hall–Kier alpha value is -3.99. The van der Waals surface area contributed by atoms with Crippen LogP contribution in [0.1, 0.15) is 75.4 Å². The first kappa shape index (κ1) is 32.9. The highest BCUT2D eigenvalue weighted by Gasteiger charge is 2.35. The lowest BCUT2D eigenvalue weighted by Gasteiger charge is -2.21. The largest absolute Gasteiger partial charge is 0.481 e. The zero-order chi connectivity index (χ0) is 32.3. The Kier molecular flexibility index (Phi) is 10.3. The molecule has 236 valence electrons. The van der Waals surface area contributed by atoms with Crippen LogP contribution in [0, 0.1) is 6.92 Å². The van der Waals surface area contributed by atoms with Crippen molar-refractivity contribution in [1.82, 2.24) is 20.9 Å². The molecule has 1 unspecified atom stereocenters. The summed E-state index contributed by atoms with van der Waals surface area (Å²) in [7, 11) is 0. The molecule has 3 atom stereocenters. The zero-order valence-corrected chi connectivity index (χ0v) is 26.6. The second kappa shape index (κ2) is 13.8. The number of rotatable bonds is 14. The van der Waals surface area contributed by atoms with Crippen molar-refractivity contribution in [1.29, 1.82) is 0 Å². The summed E-state index contributed by atoms with van der Waals surface area (Å²) in [6.07, 6.45) is 4.46. The molecule has 0 radical (unpaired) electrons. The van der Waals surface area contributed by atoms with Crippen LogP contribution in [0.2, 0.25) is 0 Å². The van der Waals surface area contributed by atoms with Crippen LogP contribution in [0.3, 0.4) is 0 Å². The maximum atomic E-state index is 12.5. The lowest BCUT2D eigenvalue weighted by atomic mass is 9.92. The fraction of sp³-hybridized carbons (Fsp3) is 0.455. The van der Waals surface area contributed by atoms with Gasteiger partial charge in [-0.25, -0.2) is 0 Å². The van der Waals surface area contributed by atoms with Gasteiger partial charge >= 0.3 is 11.9 Å². The van der Waals surface area contributed by atoms with Crippen molar-refractivity contribution in [2.45, 2.75) is 97.2 Å². The van der Waals surface area contributed by atoms with Gasteiger partial charge in [0.25, 0.3) is 0 Å². The average molecular weight is 623 g/mol. The monoisotopic (exact) mass is 622 g/mol. The molecule has 4 heterocycles. The molecule has 0 aliphatic carbocycles. The fourth-order valence-electron chi connectivity index (χ4n) is 6.62. The Labute approximate surface area is 263 Å². The van der Waals surface area contributed by atoms with E-state index in [1.165, 1.54) is 0 Å². The van der Waals surface area contributed by atoms with Crippen molar-refractivity contribution in [3.05, 3.63) is 79.7 Å². The number of aromatic amines is 1. The van der Waals surface area contributed by atoms with Crippen LogP contribution >= 0.6 is 12.6 Å². The Balaban J connectivity index is 1.64. The quantitative estimate of drug-likeness (QED) is 0.155. The molecule has 0 saturated heterocycles. The number of carbonyl (C=O) groups is 4. The van der Waals surface area contributed by atoms with Crippen molar-refractivity contribution in [2.75, 3.05) is 0 Å². The number of carboxylic acid groups (broad SMARTS) is 2. The molecule has 0 fully saturated rings. The molecule has 2 amide bonds. The summed E-state index contributed by atoms with van der Waals surface area (Å²) < 4.78 is 0. The van der Waals surface area contributed by atoms with Crippen molar-refractivity contribution >= 4 is 36.4 Å². The molecule has 0 saturated carbocycles. The lowest BCUT2D eigenvalue weighted by Crippen LogP contribution is -2.36. The van der Waals surface area contributed by atoms with Gasteiger partial charge in [-0.3, -0.25) is 19.2 Å². The van der Waals surface area contributed by atoms with Gasteiger partial charge in [0, 0.05) is 53.9 Å². The SMILES string of the molecule is C=C1C(CCC(=O)O)=C(Cc2[nH]c(C[C@H]3NC(=O)C(CC)=C3C)c(C)c2CCC(=O)O)NC1C[C@@H]1NC(=O)C(C)=C1/C=C/S. The van der Waals surface area contributed by atoms with Crippen LogP contribution in [0.5, 0.6) is 0 Å². The van der Waals surface area contributed by atoms with E-state index in [-0.39, 0.29) is 49.2 Å². The molecule has 1 aromatic heterocycles. The van der Waals surface area contributed by atoms with E-state index in [4.69, 9.17) is 0 Å². The summed E-state index contributed by atoms with van der Waals surface area (Å²) in [4.78, 5) is 51.5. The molecule has 3 aliphatic heterocycles. The molecule has 0 spiro atoms. The molecular weight excluding hydrogens is 580 g/mol. The molecular formula is C33H42N4O6S. The lowest BCUT2D eigenvalue weighted by molar-refractivity contribution is -0.138. The summed E-state index contributed by atoms with van der Waals surface area (Å²) in [6, 6.07) is -0.635. The Bertz CT molecular complexity index is 1530. The van der Waals surface area contributed by atoms with E-state index >= 15 is 0 Å². The topological polar surface area (TPSA) is 161 Å². The van der Waals surface area contributed by atoms with Crippen LogP contribution in [-0.4, -0.2) is 57.1 Å². The Morgan fingerprint density at radius 2 is 1.57 bits per heavy atom. The van der Waals surface area contributed by atoms with E-state index < -0.39 is 11.9 Å². The van der Waals surface area contributed by atoms with E-state index in [0.717, 1.165) is 56.1 Å². The van der Waals surface area contributed by atoms with Gasteiger partial charge in [0.1, 0.15) is 0 Å². The number of hydrogen-bond donors (Lipinski definition) is 7. The number of amides is 2. The first-order chi connectivity index (χ1) is 20.9. The first-order valence-electron chi connectivity index (χ1n) is 15.0. The van der Waals surface area contributed by atoms with E-state index in [1.807, 2.05) is 26.8 Å². The number of nitrogens with one attached hydrogen (secondary N) is 4. The highest BCUT2D eigenvalue weighted by molar-refractivity contribution is 7.83. The molecule has 44 heavy (non-hydrogen) atoms. The third-order valence-electron chi connectivity index (χ3n) is 9.14. The van der Waals surface area contributed by atoms with Crippen LogP contribution in [0.4, 0.5) is 0 Å². The normalized spacial score (nSPS) is 22.0. The number of hydrogen-bond acceptors (Lipinski definition) is 6. The van der Waals surface area contributed by atoms with Crippen molar-refractivity contribution in [2.24, 2.45) is 0 Å². The third-order valence-corrected chi connectivity index (χ3v) is 9.29. The minimum atomic E-state index is -0.912. The van der Waals surface area contributed by atoms with E-state index in [1.54, 1.807) is 12.3 Å². The third kappa shape index (κ3) is 6.88. The predicted octanol–water partition coefficient (Wildman–Crippen LogP) is 3.95. The Morgan fingerprint density at radius 1 is 0.909 bits per heavy atom. The van der Waals surface area contributed by atoms with Gasteiger partial charge in [0.05, 0.1) is 18.1 Å². The Morgan fingerprint density at radius 3 is 2.18 bits per heavy atom. The van der Waals surface area contributed by atoms with Crippen LogP contribution in [0.25, 0.3) is 0 Å². The molecule has 4 rings (SSSR count). The number of aromatic nitrogens is 1. The summed E-state index contributed by atoms with van der Waals surface area (Å²) in [6.45, 7) is 12.0. The first-order valence-corrected chi connectivity index (χ1v) is 15.5. The molecule has 1 aromatic rings. The van der Waals surface area contributed by atoms with Crippen LogP contribution in [-0.2, 0) is 38.4 Å². The second-order valence-electron chi connectivity index (χ2n) is 11.7. The average Bonchev–Trinajstić information content (AvgIpc) is 3.60. The molecule has 11 heteroatoms. The zero-order valence-electron chi connectivity index (χ0n) is 25.7. The van der Waals surface area contributed by atoms with Gasteiger partial charge in [-0.15, -0.1) is 0 Å². The standard InChI is InChI=1S/C33H42N4O6S/c1-6-20-16(2)26(36-33(20)43)13-24-17(3)21(7-9-30(38)39)27(34-24)15-28-22(8-10-31(40)41)18(4)25(35-28)14-29-23(11-12-44)19(5)32(42)37-29/h11-12,25-26,29,34-35,44H,4,6-10,13-15H2,1-3,5H3,(H,36,43)(H,37,42)(H,38,39)(H,40,41)/b12-11+/t25?,26-,29+/m1/s1. The predicted molar refractivity (Wildman–Crippen MR) is 171 cm³/mol. The van der Waals surface area contributed by atoms with Gasteiger partial charge < -0.3 is 31.1 Å². The fourth-order valence-corrected chi connectivity index (χ4v) is 6.78. The van der Waals surface area contributed by atoms with Gasteiger partial charge in [-0.1, -0.05) is 19.6 Å². The van der Waals surface area contributed by atoms with Crippen molar-refractivity contribution in [3.8, 4) is 0 Å². The van der Waals surface area contributed by atoms with E-state index in [0.29, 0.717) is 37.7 Å². The van der Waals surface area contributed by atoms with E-state index in [2.05, 4.69) is 40.1 Å². The number of thiol groups is 1. The smallest absolute Gasteiger partial charge is 0.303 e. The molecule has 6 N–H and O–H groups in total. The number of carboxylic acids is 2. The number of allylic oxidation sites excluding steroid dienone is 1. The van der Waals surface area contributed by atoms with Crippen LogP contribution in [0.15, 0.2) is 57.2 Å². The van der Waals surface area contributed by atoms with Crippen molar-refractivity contribution < 1.29 is 29.4 Å². The summed E-state index contributed by atoms with van der Waals surface area (Å²) in [5.74, 6) is -1.99. The van der Waals surface area contributed by atoms with Gasteiger partial charge in [0.15, 0.2) is 0 Å². The number of carbonyl (C=O) groups excluding carboxylic acids is 2. The second-order valence-corrected chi connectivity index (χ2v) is 12.0.